The maximum atomic E-state index is 13.3. The summed E-state index contributed by atoms with van der Waals surface area (Å²) >= 11 is 0. The highest BCUT2D eigenvalue weighted by atomic mass is 19.1. The first-order valence-corrected chi connectivity index (χ1v) is 10.6. The van der Waals surface area contributed by atoms with Crippen molar-refractivity contribution in [1.82, 2.24) is 9.55 Å². The maximum absolute atomic E-state index is 13.3. The lowest BCUT2D eigenvalue weighted by atomic mass is 10.1. The van der Waals surface area contributed by atoms with Gasteiger partial charge in [0, 0.05) is 23.1 Å². The summed E-state index contributed by atoms with van der Waals surface area (Å²) in [6.07, 6.45) is 0. The third kappa shape index (κ3) is 4.19. The summed E-state index contributed by atoms with van der Waals surface area (Å²) in [4.78, 5) is 18.0. The molecule has 33 heavy (non-hydrogen) atoms. The van der Waals surface area contributed by atoms with Crippen LogP contribution in [0.1, 0.15) is 5.56 Å². The number of fused-ring (bicyclic) bond motifs is 1. The average molecular weight is 436 g/mol. The predicted molar refractivity (Wildman–Crippen MR) is 131 cm³/mol. The molecule has 0 radical (unpaired) electrons. The van der Waals surface area contributed by atoms with Crippen molar-refractivity contribution in [3.8, 4) is 5.69 Å². The van der Waals surface area contributed by atoms with Crippen LogP contribution < -0.4 is 16.1 Å². The van der Waals surface area contributed by atoms with Crippen LogP contribution in [-0.4, -0.2) is 9.55 Å². The molecule has 5 nitrogen and oxygen atoms in total. The zero-order valence-corrected chi connectivity index (χ0v) is 17.9. The Bertz CT molecular complexity index is 1480. The highest BCUT2D eigenvalue weighted by Gasteiger charge is 2.16. The number of anilines is 4. The van der Waals surface area contributed by atoms with Crippen molar-refractivity contribution in [3.63, 3.8) is 0 Å². The minimum Gasteiger partial charge on any atom is -0.341 e. The first-order chi connectivity index (χ1) is 16.1. The number of hydrogen-bond acceptors (Lipinski definition) is 4. The lowest BCUT2D eigenvalue weighted by molar-refractivity contribution is 0.628. The van der Waals surface area contributed by atoms with Gasteiger partial charge in [0.15, 0.2) is 11.1 Å². The quantitative estimate of drug-likeness (QED) is 0.338. The molecule has 0 atom stereocenters. The molecule has 3 aromatic carbocycles. The van der Waals surface area contributed by atoms with Gasteiger partial charge in [0.1, 0.15) is 17.5 Å². The van der Waals surface area contributed by atoms with Crippen molar-refractivity contribution in [3.05, 3.63) is 119 Å². The van der Waals surface area contributed by atoms with Gasteiger partial charge in [-0.3, -0.25) is 9.36 Å². The van der Waals surface area contributed by atoms with Gasteiger partial charge in [0.2, 0.25) is 0 Å². The monoisotopic (exact) mass is 436 g/mol. The van der Waals surface area contributed by atoms with E-state index in [1.54, 1.807) is 18.2 Å². The SMILES string of the molecule is Cc1cc(Nc2ccc(F)cc2)nc2c1c(=O)cc(Nc1ccccc1)n2-c1ccccc1. The summed E-state index contributed by atoms with van der Waals surface area (Å²) in [7, 11) is 0. The summed E-state index contributed by atoms with van der Waals surface area (Å²) < 4.78 is 15.3. The van der Waals surface area contributed by atoms with Gasteiger partial charge in [0.25, 0.3) is 0 Å². The van der Waals surface area contributed by atoms with Gasteiger partial charge in [-0.25, -0.2) is 9.37 Å². The molecule has 0 aliphatic heterocycles. The third-order valence-electron chi connectivity index (χ3n) is 5.34. The molecule has 2 N–H and O–H groups in total. The van der Waals surface area contributed by atoms with E-state index in [1.807, 2.05) is 78.2 Å². The number of pyridine rings is 2. The Morgan fingerprint density at radius 1 is 0.788 bits per heavy atom. The number of nitrogens with zero attached hydrogens (tertiary/aromatic N) is 2. The summed E-state index contributed by atoms with van der Waals surface area (Å²) in [6, 6.07) is 28.9. The molecule has 0 fully saturated rings. The zero-order valence-electron chi connectivity index (χ0n) is 17.9. The second-order valence-electron chi connectivity index (χ2n) is 7.71. The molecule has 0 unspecified atom stereocenters. The number of benzene rings is 3. The zero-order chi connectivity index (χ0) is 22.8. The van der Waals surface area contributed by atoms with Gasteiger partial charge in [-0.2, -0.15) is 0 Å². The van der Waals surface area contributed by atoms with Gasteiger partial charge in [-0.1, -0.05) is 36.4 Å². The molecular weight excluding hydrogens is 415 g/mol. The molecule has 0 saturated heterocycles. The second-order valence-corrected chi connectivity index (χ2v) is 7.71. The van der Waals surface area contributed by atoms with Crippen LogP contribution in [-0.2, 0) is 0 Å². The normalized spacial score (nSPS) is 10.8. The van der Waals surface area contributed by atoms with Gasteiger partial charge < -0.3 is 10.6 Å². The van der Waals surface area contributed by atoms with Gasteiger partial charge in [-0.05, 0) is 67.1 Å². The van der Waals surface area contributed by atoms with E-state index in [4.69, 9.17) is 4.98 Å². The van der Waals surface area contributed by atoms with Gasteiger partial charge in [0.05, 0.1) is 5.39 Å². The molecule has 6 heteroatoms. The Hall–Kier alpha value is -4.45. The van der Waals surface area contributed by atoms with Crippen LogP contribution in [0.15, 0.2) is 102 Å². The van der Waals surface area contributed by atoms with Gasteiger partial charge in [-0.15, -0.1) is 0 Å². The number of hydrogen-bond donors (Lipinski definition) is 2. The van der Waals surface area contributed by atoms with Crippen molar-refractivity contribution >= 4 is 34.0 Å². The van der Waals surface area contributed by atoms with Gasteiger partial charge >= 0.3 is 0 Å². The number of aromatic nitrogens is 2. The largest absolute Gasteiger partial charge is 0.341 e. The standard InChI is InChI=1S/C27H21FN4O/c1-18-16-24(29-21-14-12-19(28)13-15-21)31-27-26(18)23(33)17-25(30-20-8-4-2-5-9-20)32(27)22-10-6-3-7-11-22/h2-17,30H,1H3,(H,29,31). The summed E-state index contributed by atoms with van der Waals surface area (Å²) in [5.74, 6) is 0.862. The fourth-order valence-electron chi connectivity index (χ4n) is 3.84. The molecule has 2 heterocycles. The molecule has 0 aliphatic carbocycles. The molecule has 0 saturated carbocycles. The molecule has 0 bridgehead atoms. The Morgan fingerprint density at radius 2 is 1.42 bits per heavy atom. The molecule has 0 aliphatic rings. The van der Waals surface area contributed by atoms with Crippen LogP contribution in [0.3, 0.4) is 0 Å². The van der Waals surface area contributed by atoms with E-state index in [0.717, 1.165) is 16.9 Å². The second kappa shape index (κ2) is 8.59. The summed E-state index contributed by atoms with van der Waals surface area (Å²) in [5, 5.41) is 7.12. The highest BCUT2D eigenvalue weighted by Crippen LogP contribution is 2.28. The lowest BCUT2D eigenvalue weighted by Crippen LogP contribution is -2.15. The van der Waals surface area contributed by atoms with Crippen molar-refractivity contribution in [2.24, 2.45) is 0 Å². The van der Waals surface area contributed by atoms with E-state index in [-0.39, 0.29) is 11.2 Å². The van der Waals surface area contributed by atoms with Crippen LogP contribution in [0.5, 0.6) is 0 Å². The third-order valence-corrected chi connectivity index (χ3v) is 5.34. The number of para-hydroxylation sites is 2. The smallest absolute Gasteiger partial charge is 0.193 e. The fourth-order valence-corrected chi connectivity index (χ4v) is 3.84. The number of aryl methyl sites for hydroxylation is 1. The van der Waals surface area contributed by atoms with Crippen LogP contribution in [0.25, 0.3) is 16.7 Å². The summed E-state index contributed by atoms with van der Waals surface area (Å²) in [5.41, 5.74) is 3.64. The molecule has 162 valence electrons. The minimum absolute atomic E-state index is 0.117. The van der Waals surface area contributed by atoms with E-state index < -0.39 is 0 Å². The van der Waals surface area contributed by atoms with Crippen molar-refractivity contribution < 1.29 is 4.39 Å². The Balaban J connectivity index is 1.73. The van der Waals surface area contributed by atoms with E-state index in [1.165, 1.54) is 12.1 Å². The first-order valence-electron chi connectivity index (χ1n) is 10.6. The number of halogens is 1. The summed E-state index contributed by atoms with van der Waals surface area (Å²) in [6.45, 7) is 1.89. The predicted octanol–water partition coefficient (Wildman–Crippen LogP) is 6.32. The number of rotatable bonds is 5. The topological polar surface area (TPSA) is 59.0 Å². The Kier molecular flexibility index (Phi) is 5.32. The molecule has 2 aromatic heterocycles. The Morgan fingerprint density at radius 3 is 2.12 bits per heavy atom. The molecule has 5 rings (SSSR count). The van der Waals surface area contributed by atoms with Crippen molar-refractivity contribution in [2.45, 2.75) is 6.92 Å². The Labute approximate surface area is 190 Å². The van der Waals surface area contributed by atoms with Crippen LogP contribution in [0, 0.1) is 12.7 Å². The fraction of sp³-hybridized carbons (Fsp3) is 0.0370. The lowest BCUT2D eigenvalue weighted by Gasteiger charge is -2.19. The molecular formula is C27H21FN4O. The van der Waals surface area contributed by atoms with E-state index in [9.17, 15) is 9.18 Å². The average Bonchev–Trinajstić information content (AvgIpc) is 2.81. The van der Waals surface area contributed by atoms with Crippen LogP contribution >= 0.6 is 0 Å². The number of nitrogens with one attached hydrogen (secondary N) is 2. The van der Waals surface area contributed by atoms with Crippen molar-refractivity contribution in [1.29, 1.82) is 0 Å². The van der Waals surface area contributed by atoms with Crippen LogP contribution in [0.4, 0.5) is 27.4 Å². The van der Waals surface area contributed by atoms with Crippen LogP contribution in [0.2, 0.25) is 0 Å². The molecule has 0 amide bonds. The first kappa shape index (κ1) is 20.5. The van der Waals surface area contributed by atoms with Crippen molar-refractivity contribution in [2.75, 3.05) is 10.6 Å². The minimum atomic E-state index is -0.308. The van der Waals surface area contributed by atoms with E-state index in [2.05, 4.69) is 10.6 Å². The van der Waals surface area contributed by atoms with E-state index in [0.29, 0.717) is 28.4 Å². The molecule has 5 aromatic rings. The molecule has 0 spiro atoms. The maximum Gasteiger partial charge on any atom is 0.193 e. The highest BCUT2D eigenvalue weighted by molar-refractivity contribution is 5.85. The van der Waals surface area contributed by atoms with E-state index >= 15 is 0 Å².